The number of hydrogen-bond donors (Lipinski definition) is 0. The monoisotopic (exact) mass is 677 g/mol. The summed E-state index contributed by atoms with van der Waals surface area (Å²) in [6.07, 6.45) is 0. The van der Waals surface area contributed by atoms with E-state index in [1.54, 1.807) is 0 Å². The molecule has 0 spiro atoms. The highest BCUT2D eigenvalue weighted by atomic mass is 15.1. The van der Waals surface area contributed by atoms with Crippen LogP contribution in [0.2, 0.25) is 0 Å². The molecule has 0 bridgehead atoms. The van der Waals surface area contributed by atoms with E-state index in [1.165, 1.54) is 66.8 Å². The van der Waals surface area contributed by atoms with Gasteiger partial charge in [-0.3, -0.25) is 0 Å². The van der Waals surface area contributed by atoms with Crippen LogP contribution in [0.1, 0.15) is 47.2 Å². The highest BCUT2D eigenvalue weighted by Gasteiger charge is 2.46. The molecule has 53 heavy (non-hydrogen) atoms. The fourth-order valence-electron chi connectivity index (χ4n) is 9.29. The summed E-state index contributed by atoms with van der Waals surface area (Å²) in [5.41, 5.74) is 18.4. The van der Waals surface area contributed by atoms with E-state index in [1.807, 2.05) is 0 Å². The molecule has 1 nitrogen and oxygen atoms in total. The molecule has 2 aliphatic carbocycles. The van der Waals surface area contributed by atoms with Crippen LogP contribution in [-0.2, 0) is 10.8 Å². The van der Waals surface area contributed by atoms with E-state index in [-0.39, 0.29) is 5.41 Å². The van der Waals surface area contributed by atoms with Gasteiger partial charge in [0.25, 0.3) is 0 Å². The average molecular weight is 678 g/mol. The average Bonchev–Trinajstić information content (AvgIpc) is 3.65. The van der Waals surface area contributed by atoms with Crippen LogP contribution in [0.4, 0.5) is 17.1 Å². The van der Waals surface area contributed by atoms with Crippen molar-refractivity contribution in [1.82, 2.24) is 0 Å². The molecule has 0 unspecified atom stereocenters. The second-order valence-corrected chi connectivity index (χ2v) is 14.9. The summed E-state index contributed by atoms with van der Waals surface area (Å²) in [6.45, 7) is 4.72. The van der Waals surface area contributed by atoms with Gasteiger partial charge in [-0.25, -0.2) is 0 Å². The van der Waals surface area contributed by atoms with Gasteiger partial charge in [-0.05, 0) is 103 Å². The van der Waals surface area contributed by atoms with Gasteiger partial charge < -0.3 is 4.90 Å². The lowest BCUT2D eigenvalue weighted by atomic mass is 9.68. The lowest BCUT2D eigenvalue weighted by molar-refractivity contribution is 0.660. The molecular formula is C52H39N. The van der Waals surface area contributed by atoms with Gasteiger partial charge in [0.05, 0.1) is 5.41 Å². The van der Waals surface area contributed by atoms with Crippen molar-refractivity contribution >= 4 is 17.1 Å². The molecule has 0 radical (unpaired) electrons. The van der Waals surface area contributed by atoms with Gasteiger partial charge in [-0.2, -0.15) is 0 Å². The Bertz CT molecular complexity index is 2580. The molecule has 0 aromatic heterocycles. The van der Waals surface area contributed by atoms with Crippen LogP contribution in [0.25, 0.3) is 33.4 Å². The van der Waals surface area contributed by atoms with Gasteiger partial charge in [0.1, 0.15) is 0 Å². The minimum atomic E-state index is -0.432. The van der Waals surface area contributed by atoms with E-state index >= 15 is 0 Å². The third-order valence-corrected chi connectivity index (χ3v) is 11.8. The van der Waals surface area contributed by atoms with Crippen LogP contribution < -0.4 is 4.90 Å². The van der Waals surface area contributed by atoms with Crippen LogP contribution in [-0.4, -0.2) is 0 Å². The number of benzene rings is 8. The van der Waals surface area contributed by atoms with Crippen molar-refractivity contribution in [3.8, 4) is 33.4 Å². The van der Waals surface area contributed by atoms with E-state index in [2.05, 4.69) is 219 Å². The zero-order chi connectivity index (χ0) is 35.6. The van der Waals surface area contributed by atoms with Gasteiger partial charge in [0, 0.05) is 22.5 Å². The molecule has 0 saturated carbocycles. The van der Waals surface area contributed by atoms with Gasteiger partial charge in [0.2, 0.25) is 0 Å². The fraction of sp³-hybridized carbons (Fsp3) is 0.0769. The molecule has 0 aliphatic heterocycles. The first-order chi connectivity index (χ1) is 26.0. The minimum Gasteiger partial charge on any atom is -0.310 e. The maximum absolute atomic E-state index is 2.45. The summed E-state index contributed by atoms with van der Waals surface area (Å²) in [5, 5.41) is 0. The Hall–Kier alpha value is -6.44. The van der Waals surface area contributed by atoms with E-state index in [9.17, 15) is 0 Å². The van der Waals surface area contributed by atoms with Crippen LogP contribution in [0, 0.1) is 0 Å². The summed E-state index contributed by atoms with van der Waals surface area (Å²) in [4.78, 5) is 2.45. The van der Waals surface area contributed by atoms with E-state index in [4.69, 9.17) is 0 Å². The molecule has 2 aliphatic rings. The lowest BCUT2D eigenvalue weighted by Crippen LogP contribution is -2.28. The smallest absolute Gasteiger partial charge is 0.0713 e. The molecular weight excluding hydrogens is 639 g/mol. The molecule has 0 fully saturated rings. The second kappa shape index (κ2) is 12.1. The predicted molar refractivity (Wildman–Crippen MR) is 221 cm³/mol. The Morgan fingerprint density at radius 3 is 1.43 bits per heavy atom. The highest BCUT2D eigenvalue weighted by Crippen LogP contribution is 2.57. The van der Waals surface area contributed by atoms with Crippen molar-refractivity contribution in [2.24, 2.45) is 0 Å². The van der Waals surface area contributed by atoms with Crippen LogP contribution >= 0.6 is 0 Å². The molecule has 0 saturated heterocycles. The van der Waals surface area contributed by atoms with Gasteiger partial charge in [0.15, 0.2) is 0 Å². The summed E-state index contributed by atoms with van der Waals surface area (Å²) in [6, 6.07) is 73.9. The van der Waals surface area contributed by atoms with Crippen molar-refractivity contribution in [2.75, 3.05) is 4.90 Å². The standard InChI is InChI=1S/C52H39N/c1-51(2)47-24-14-12-22-43(47)45-32-30-42(35-50(45)51)53(40-28-26-37(27-29-40)36-16-6-3-7-17-36)41-31-33-49-46(34-41)44-23-13-15-25-48(44)52(49,38-18-8-4-9-19-38)39-20-10-5-11-21-39/h3-35H,1-2H3. The van der Waals surface area contributed by atoms with Gasteiger partial charge >= 0.3 is 0 Å². The number of fused-ring (bicyclic) bond motifs is 6. The second-order valence-electron chi connectivity index (χ2n) is 14.9. The quantitative estimate of drug-likeness (QED) is 0.169. The molecule has 0 N–H and O–H groups in total. The summed E-state index contributed by atoms with van der Waals surface area (Å²) < 4.78 is 0. The molecule has 0 heterocycles. The summed E-state index contributed by atoms with van der Waals surface area (Å²) in [7, 11) is 0. The Balaban J connectivity index is 1.19. The molecule has 1 heteroatoms. The molecule has 8 aromatic rings. The van der Waals surface area contributed by atoms with Crippen molar-refractivity contribution < 1.29 is 0 Å². The Kier molecular flexibility index (Phi) is 7.13. The molecule has 8 aromatic carbocycles. The first kappa shape index (κ1) is 31.3. The van der Waals surface area contributed by atoms with Crippen molar-refractivity contribution in [2.45, 2.75) is 24.7 Å². The SMILES string of the molecule is CC1(C)c2ccccc2-c2ccc(N(c3ccc(-c4ccccc4)cc3)c3ccc4c(c3)-c3ccccc3C4(c3ccccc3)c3ccccc3)cc21. The minimum absolute atomic E-state index is 0.105. The maximum Gasteiger partial charge on any atom is 0.0713 e. The van der Waals surface area contributed by atoms with Crippen LogP contribution in [0.3, 0.4) is 0 Å². The number of anilines is 3. The van der Waals surface area contributed by atoms with E-state index < -0.39 is 5.41 Å². The summed E-state index contributed by atoms with van der Waals surface area (Å²) in [5.74, 6) is 0. The number of hydrogen-bond acceptors (Lipinski definition) is 1. The Labute approximate surface area is 312 Å². The molecule has 0 atom stereocenters. The Morgan fingerprint density at radius 2 is 0.774 bits per heavy atom. The third kappa shape index (κ3) is 4.70. The van der Waals surface area contributed by atoms with E-state index in [0.717, 1.165) is 17.1 Å². The number of nitrogens with zero attached hydrogens (tertiary/aromatic N) is 1. The van der Waals surface area contributed by atoms with Crippen LogP contribution in [0.5, 0.6) is 0 Å². The summed E-state index contributed by atoms with van der Waals surface area (Å²) >= 11 is 0. The molecule has 0 amide bonds. The molecule has 252 valence electrons. The topological polar surface area (TPSA) is 3.24 Å². The zero-order valence-electron chi connectivity index (χ0n) is 30.0. The first-order valence-corrected chi connectivity index (χ1v) is 18.6. The highest BCUT2D eigenvalue weighted by molar-refractivity contribution is 5.91. The number of rotatable bonds is 6. The zero-order valence-corrected chi connectivity index (χ0v) is 30.0. The fourth-order valence-corrected chi connectivity index (χ4v) is 9.29. The van der Waals surface area contributed by atoms with Gasteiger partial charge in [-0.15, -0.1) is 0 Å². The first-order valence-electron chi connectivity index (χ1n) is 18.6. The lowest BCUT2D eigenvalue weighted by Gasteiger charge is -2.34. The van der Waals surface area contributed by atoms with Crippen molar-refractivity contribution in [1.29, 1.82) is 0 Å². The third-order valence-electron chi connectivity index (χ3n) is 11.8. The van der Waals surface area contributed by atoms with E-state index in [0.29, 0.717) is 0 Å². The van der Waals surface area contributed by atoms with Crippen molar-refractivity contribution in [3.63, 3.8) is 0 Å². The Morgan fingerprint density at radius 1 is 0.321 bits per heavy atom. The van der Waals surface area contributed by atoms with Crippen molar-refractivity contribution in [3.05, 3.63) is 234 Å². The normalized spacial score (nSPS) is 14.2. The maximum atomic E-state index is 2.45. The van der Waals surface area contributed by atoms with Crippen LogP contribution in [0.15, 0.2) is 200 Å². The molecule has 10 rings (SSSR count). The predicted octanol–water partition coefficient (Wildman–Crippen LogP) is 13.5. The largest absolute Gasteiger partial charge is 0.310 e. The van der Waals surface area contributed by atoms with Gasteiger partial charge in [-0.1, -0.05) is 178 Å².